The van der Waals surface area contributed by atoms with Crippen molar-refractivity contribution < 1.29 is 9.53 Å². The Kier molecular flexibility index (Phi) is 4.86. The van der Waals surface area contributed by atoms with Gasteiger partial charge < -0.3 is 9.64 Å². The predicted molar refractivity (Wildman–Crippen MR) is 106 cm³/mol. The van der Waals surface area contributed by atoms with Crippen LogP contribution in [0.3, 0.4) is 0 Å². The third-order valence-electron chi connectivity index (χ3n) is 4.69. The maximum absolute atomic E-state index is 12.8. The lowest BCUT2D eigenvalue weighted by Gasteiger charge is -2.21. The average Bonchev–Trinajstić information content (AvgIpc) is 3.47. The van der Waals surface area contributed by atoms with E-state index < -0.39 is 0 Å². The molecule has 0 N–H and O–H groups in total. The molecule has 1 amide bonds. The Hall–Kier alpha value is -2.79. The highest BCUT2D eigenvalue weighted by atomic mass is 35.5. The van der Waals surface area contributed by atoms with E-state index in [2.05, 4.69) is 4.98 Å². The van der Waals surface area contributed by atoms with Gasteiger partial charge in [-0.3, -0.25) is 9.20 Å². The van der Waals surface area contributed by atoms with Gasteiger partial charge in [-0.25, -0.2) is 4.98 Å². The molecule has 6 heteroatoms. The summed E-state index contributed by atoms with van der Waals surface area (Å²) in [5.41, 5.74) is 2.55. The molecular formula is C21H20ClN3O2. The summed E-state index contributed by atoms with van der Waals surface area (Å²) >= 11 is 6.24. The fraction of sp³-hybridized carbons (Fsp3) is 0.238. The molecule has 0 radical (unpaired) electrons. The maximum atomic E-state index is 12.8. The first kappa shape index (κ1) is 17.6. The van der Waals surface area contributed by atoms with Crippen LogP contribution in [0.5, 0.6) is 5.75 Å². The van der Waals surface area contributed by atoms with E-state index in [4.69, 9.17) is 16.3 Å². The number of imidazole rings is 1. The summed E-state index contributed by atoms with van der Waals surface area (Å²) in [6.07, 6.45) is 7.31. The van der Waals surface area contributed by atoms with Crippen molar-refractivity contribution in [2.75, 3.05) is 7.11 Å². The minimum Gasteiger partial charge on any atom is -0.497 e. The highest BCUT2D eigenvalue weighted by molar-refractivity contribution is 6.31. The van der Waals surface area contributed by atoms with E-state index in [1.54, 1.807) is 19.3 Å². The number of ether oxygens (including phenoxy) is 1. The minimum absolute atomic E-state index is 0.0183. The number of amides is 1. The SMILES string of the molecule is COc1ccc(CN(C(=O)/C=C/c2c(Cl)nc3ccccn23)C2CC2)cc1. The first-order valence-electron chi connectivity index (χ1n) is 8.90. The van der Waals surface area contributed by atoms with Crippen molar-refractivity contribution in [3.05, 3.63) is 71.1 Å². The highest BCUT2D eigenvalue weighted by Crippen LogP contribution is 2.29. The smallest absolute Gasteiger partial charge is 0.247 e. The Morgan fingerprint density at radius 1 is 1.30 bits per heavy atom. The largest absolute Gasteiger partial charge is 0.497 e. The van der Waals surface area contributed by atoms with Gasteiger partial charge >= 0.3 is 0 Å². The van der Waals surface area contributed by atoms with E-state index in [-0.39, 0.29) is 5.91 Å². The van der Waals surface area contributed by atoms with Crippen LogP contribution in [0.2, 0.25) is 5.15 Å². The van der Waals surface area contributed by atoms with Crippen LogP contribution < -0.4 is 4.74 Å². The van der Waals surface area contributed by atoms with Crippen molar-refractivity contribution in [1.29, 1.82) is 0 Å². The van der Waals surface area contributed by atoms with Crippen molar-refractivity contribution in [2.45, 2.75) is 25.4 Å². The van der Waals surface area contributed by atoms with Crippen LogP contribution in [0.1, 0.15) is 24.1 Å². The molecule has 27 heavy (non-hydrogen) atoms. The van der Waals surface area contributed by atoms with Crippen LogP contribution in [0, 0.1) is 0 Å². The highest BCUT2D eigenvalue weighted by Gasteiger charge is 2.31. The second kappa shape index (κ2) is 7.45. The molecule has 1 aliphatic carbocycles. The molecule has 0 unspecified atom stereocenters. The molecule has 0 bridgehead atoms. The molecule has 0 aliphatic heterocycles. The van der Waals surface area contributed by atoms with Crippen molar-refractivity contribution in [2.24, 2.45) is 0 Å². The lowest BCUT2D eigenvalue weighted by molar-refractivity contribution is -0.127. The van der Waals surface area contributed by atoms with Crippen molar-refractivity contribution >= 4 is 29.2 Å². The zero-order valence-electron chi connectivity index (χ0n) is 15.0. The summed E-state index contributed by atoms with van der Waals surface area (Å²) < 4.78 is 7.07. The maximum Gasteiger partial charge on any atom is 0.247 e. The van der Waals surface area contributed by atoms with Gasteiger partial charge in [0.1, 0.15) is 11.4 Å². The third kappa shape index (κ3) is 3.83. The fourth-order valence-electron chi connectivity index (χ4n) is 3.08. The Morgan fingerprint density at radius 2 is 2.07 bits per heavy atom. The first-order valence-corrected chi connectivity index (χ1v) is 9.27. The number of fused-ring (bicyclic) bond motifs is 1. The Balaban J connectivity index is 1.53. The van der Waals surface area contributed by atoms with Crippen LogP contribution in [-0.2, 0) is 11.3 Å². The standard InChI is InChI=1S/C21H20ClN3O2/c1-27-17-9-5-15(6-10-17)14-25(16-7-8-16)20(26)12-11-18-21(22)23-19-4-2-3-13-24(18)19/h2-6,9-13,16H,7-8,14H2,1H3/b12-11+. The summed E-state index contributed by atoms with van der Waals surface area (Å²) in [7, 11) is 1.64. The van der Waals surface area contributed by atoms with E-state index in [0.717, 1.165) is 29.8 Å². The van der Waals surface area contributed by atoms with Gasteiger partial charge in [-0.15, -0.1) is 0 Å². The third-order valence-corrected chi connectivity index (χ3v) is 4.97. The summed E-state index contributed by atoms with van der Waals surface area (Å²) in [5, 5.41) is 0.387. The lowest BCUT2D eigenvalue weighted by Crippen LogP contribution is -2.31. The number of methoxy groups -OCH3 is 1. The second-order valence-corrected chi connectivity index (χ2v) is 6.95. The fourth-order valence-corrected chi connectivity index (χ4v) is 3.32. The van der Waals surface area contributed by atoms with E-state index in [9.17, 15) is 4.79 Å². The number of nitrogens with zero attached hydrogens (tertiary/aromatic N) is 3. The lowest BCUT2D eigenvalue weighted by atomic mass is 10.2. The molecule has 0 spiro atoms. The zero-order chi connectivity index (χ0) is 18.8. The summed E-state index contributed by atoms with van der Waals surface area (Å²) in [5.74, 6) is 0.792. The van der Waals surface area contributed by atoms with Gasteiger partial charge in [0, 0.05) is 24.9 Å². The molecule has 1 aliphatic rings. The molecule has 2 heterocycles. The average molecular weight is 382 g/mol. The molecule has 1 saturated carbocycles. The molecule has 0 atom stereocenters. The van der Waals surface area contributed by atoms with E-state index in [1.807, 2.05) is 58.0 Å². The van der Waals surface area contributed by atoms with Gasteiger partial charge in [0.25, 0.3) is 0 Å². The topological polar surface area (TPSA) is 46.8 Å². The molecule has 2 aromatic heterocycles. The normalized spacial score (nSPS) is 14.0. The van der Waals surface area contributed by atoms with Crippen LogP contribution in [-0.4, -0.2) is 33.3 Å². The van der Waals surface area contributed by atoms with Gasteiger partial charge in [-0.05, 0) is 48.7 Å². The van der Waals surface area contributed by atoms with Crippen molar-refractivity contribution in [1.82, 2.24) is 14.3 Å². The molecule has 5 nitrogen and oxygen atoms in total. The first-order chi connectivity index (χ1) is 13.2. The number of carbonyl (C=O) groups excluding carboxylic acids is 1. The number of aromatic nitrogens is 2. The Morgan fingerprint density at radius 3 is 2.78 bits per heavy atom. The molecule has 0 saturated heterocycles. The van der Waals surface area contributed by atoms with Gasteiger partial charge in [0.15, 0.2) is 5.15 Å². The van der Waals surface area contributed by atoms with Crippen molar-refractivity contribution in [3.8, 4) is 5.75 Å². The Bertz CT molecular complexity index is 990. The Labute approximate surface area is 162 Å². The number of carbonyl (C=O) groups is 1. The van der Waals surface area contributed by atoms with Crippen LogP contribution in [0.4, 0.5) is 0 Å². The van der Waals surface area contributed by atoms with Crippen molar-refractivity contribution in [3.63, 3.8) is 0 Å². The zero-order valence-corrected chi connectivity index (χ0v) is 15.8. The van der Waals surface area contributed by atoms with Gasteiger partial charge in [0.05, 0.1) is 12.8 Å². The number of pyridine rings is 1. The molecule has 1 aromatic carbocycles. The molecular weight excluding hydrogens is 362 g/mol. The minimum atomic E-state index is -0.0183. The van der Waals surface area contributed by atoms with Crippen LogP contribution in [0.15, 0.2) is 54.7 Å². The predicted octanol–water partition coefficient (Wildman–Crippen LogP) is 4.20. The number of rotatable bonds is 6. The van der Waals surface area contributed by atoms with Gasteiger partial charge in [-0.1, -0.05) is 29.8 Å². The number of hydrogen-bond acceptors (Lipinski definition) is 3. The molecule has 3 aromatic rings. The monoisotopic (exact) mass is 381 g/mol. The van der Waals surface area contributed by atoms with Gasteiger partial charge in [-0.2, -0.15) is 0 Å². The second-order valence-electron chi connectivity index (χ2n) is 6.60. The molecule has 138 valence electrons. The summed E-state index contributed by atoms with van der Waals surface area (Å²) in [6.45, 7) is 0.582. The van der Waals surface area contributed by atoms with Crippen LogP contribution >= 0.6 is 11.6 Å². The molecule has 4 rings (SSSR count). The number of hydrogen-bond donors (Lipinski definition) is 0. The van der Waals surface area contributed by atoms with Crippen LogP contribution in [0.25, 0.3) is 11.7 Å². The quantitative estimate of drug-likeness (QED) is 0.601. The number of benzene rings is 1. The van der Waals surface area contributed by atoms with E-state index in [0.29, 0.717) is 23.4 Å². The van der Waals surface area contributed by atoms with E-state index in [1.165, 1.54) is 0 Å². The molecule has 1 fully saturated rings. The summed E-state index contributed by atoms with van der Waals surface area (Å²) in [4.78, 5) is 19.1. The van der Waals surface area contributed by atoms with E-state index >= 15 is 0 Å². The number of halogens is 1. The summed E-state index contributed by atoms with van der Waals surface area (Å²) in [6, 6.07) is 13.8. The van der Waals surface area contributed by atoms with Gasteiger partial charge in [0.2, 0.25) is 5.91 Å².